The lowest BCUT2D eigenvalue weighted by Gasteiger charge is -2.09. The molecule has 9 heteroatoms. The highest BCUT2D eigenvalue weighted by Crippen LogP contribution is 2.18. The summed E-state index contributed by atoms with van der Waals surface area (Å²) in [5, 5.41) is 10.9. The number of nitrogens with zero attached hydrogens (tertiary/aromatic N) is 2. The van der Waals surface area contributed by atoms with Gasteiger partial charge in [-0.1, -0.05) is 0 Å². The first kappa shape index (κ1) is 18.9. The molecule has 2 N–H and O–H groups in total. The molecular formula is C16H22N4O4S. The fraction of sp³-hybridized carbons (Fsp3) is 0.375. The number of aromatic nitrogens is 2. The van der Waals surface area contributed by atoms with Crippen molar-refractivity contribution in [1.82, 2.24) is 10.2 Å². The summed E-state index contributed by atoms with van der Waals surface area (Å²) < 4.78 is 37.4. The third-order valence-corrected chi connectivity index (χ3v) is 4.55. The molecule has 0 fully saturated rings. The summed E-state index contributed by atoms with van der Waals surface area (Å²) in [6.07, 6.45) is 0.838. The van der Waals surface area contributed by atoms with Crippen molar-refractivity contribution in [3.8, 4) is 5.75 Å². The average molecular weight is 366 g/mol. The maximum atomic E-state index is 12.4. The first-order chi connectivity index (χ1) is 12.0. The number of hydrogen-bond acceptors (Lipinski definition) is 7. The van der Waals surface area contributed by atoms with E-state index in [-0.39, 0.29) is 10.7 Å². The highest BCUT2D eigenvalue weighted by molar-refractivity contribution is 7.92. The molecule has 0 aliphatic heterocycles. The van der Waals surface area contributed by atoms with E-state index in [0.29, 0.717) is 31.3 Å². The van der Waals surface area contributed by atoms with Gasteiger partial charge in [-0.05, 0) is 49.7 Å². The Balaban J connectivity index is 1.97. The van der Waals surface area contributed by atoms with Gasteiger partial charge in [0.25, 0.3) is 10.0 Å². The summed E-state index contributed by atoms with van der Waals surface area (Å²) in [7, 11) is -2.08. The standard InChI is InChI=1S/C16H22N4O4S/c1-3-24-13-5-7-14(8-6-13)25(21,22)20-16-10-9-15(18-19-16)17-11-4-12-23-2/h5-10H,3-4,11-12H2,1-2H3,(H,17,18)(H,19,20). The van der Waals surface area contributed by atoms with Gasteiger partial charge in [0.1, 0.15) is 11.6 Å². The minimum atomic E-state index is -3.73. The summed E-state index contributed by atoms with van der Waals surface area (Å²) in [4.78, 5) is 0.125. The zero-order valence-corrected chi connectivity index (χ0v) is 15.0. The Morgan fingerprint density at radius 3 is 2.32 bits per heavy atom. The molecule has 0 spiro atoms. The SMILES string of the molecule is CCOc1ccc(S(=O)(=O)Nc2ccc(NCCCOC)nn2)cc1. The molecule has 1 aromatic carbocycles. The zero-order valence-electron chi connectivity index (χ0n) is 14.2. The van der Waals surface area contributed by atoms with Crippen LogP contribution < -0.4 is 14.8 Å². The average Bonchev–Trinajstić information content (AvgIpc) is 2.61. The molecule has 2 aromatic rings. The number of rotatable bonds is 10. The summed E-state index contributed by atoms with van der Waals surface area (Å²) in [5.41, 5.74) is 0. The third-order valence-electron chi connectivity index (χ3n) is 3.18. The van der Waals surface area contributed by atoms with Gasteiger partial charge in [-0.3, -0.25) is 4.72 Å². The van der Waals surface area contributed by atoms with E-state index in [9.17, 15) is 8.42 Å². The summed E-state index contributed by atoms with van der Waals surface area (Å²) in [6.45, 7) is 3.73. The number of ether oxygens (including phenoxy) is 2. The van der Waals surface area contributed by atoms with Crippen LogP contribution in [0.25, 0.3) is 0 Å². The Kier molecular flexibility index (Phi) is 6.96. The van der Waals surface area contributed by atoms with Crippen molar-refractivity contribution in [3.63, 3.8) is 0 Å². The van der Waals surface area contributed by atoms with Crippen LogP contribution >= 0.6 is 0 Å². The van der Waals surface area contributed by atoms with Crippen molar-refractivity contribution in [2.24, 2.45) is 0 Å². The highest BCUT2D eigenvalue weighted by Gasteiger charge is 2.15. The number of sulfonamides is 1. The topological polar surface area (TPSA) is 102 Å². The summed E-state index contributed by atoms with van der Waals surface area (Å²) in [6, 6.07) is 9.39. The van der Waals surface area contributed by atoms with Gasteiger partial charge in [-0.15, -0.1) is 10.2 Å². The molecular weight excluding hydrogens is 344 g/mol. The van der Waals surface area contributed by atoms with E-state index in [1.165, 1.54) is 12.1 Å². The lowest BCUT2D eigenvalue weighted by atomic mass is 10.3. The highest BCUT2D eigenvalue weighted by atomic mass is 32.2. The van der Waals surface area contributed by atoms with Gasteiger partial charge >= 0.3 is 0 Å². The van der Waals surface area contributed by atoms with Gasteiger partial charge in [-0.25, -0.2) is 8.42 Å². The number of anilines is 2. The minimum absolute atomic E-state index is 0.125. The van der Waals surface area contributed by atoms with E-state index in [4.69, 9.17) is 9.47 Å². The number of hydrogen-bond donors (Lipinski definition) is 2. The molecule has 25 heavy (non-hydrogen) atoms. The number of benzene rings is 1. The second-order valence-corrected chi connectivity index (χ2v) is 6.77. The second-order valence-electron chi connectivity index (χ2n) is 5.09. The van der Waals surface area contributed by atoms with E-state index in [0.717, 1.165) is 6.42 Å². The van der Waals surface area contributed by atoms with Crippen molar-refractivity contribution in [3.05, 3.63) is 36.4 Å². The summed E-state index contributed by atoms with van der Waals surface area (Å²) >= 11 is 0. The van der Waals surface area contributed by atoms with Crippen LogP contribution in [0.1, 0.15) is 13.3 Å². The maximum Gasteiger partial charge on any atom is 0.263 e. The van der Waals surface area contributed by atoms with Crippen LogP contribution in [0, 0.1) is 0 Å². The van der Waals surface area contributed by atoms with E-state index in [2.05, 4.69) is 20.2 Å². The van der Waals surface area contributed by atoms with Crippen LogP contribution in [0.5, 0.6) is 5.75 Å². The molecule has 1 heterocycles. The molecule has 0 bridgehead atoms. The predicted molar refractivity (Wildman–Crippen MR) is 95.4 cm³/mol. The number of methoxy groups -OCH3 is 1. The molecule has 0 aliphatic carbocycles. The van der Waals surface area contributed by atoms with Crippen LogP contribution in [-0.4, -0.2) is 45.5 Å². The van der Waals surface area contributed by atoms with Crippen molar-refractivity contribution < 1.29 is 17.9 Å². The molecule has 0 atom stereocenters. The van der Waals surface area contributed by atoms with Crippen LogP contribution in [-0.2, 0) is 14.8 Å². The van der Waals surface area contributed by atoms with Gasteiger partial charge in [0.15, 0.2) is 5.82 Å². The fourth-order valence-electron chi connectivity index (χ4n) is 1.99. The Labute approximate surface area is 147 Å². The molecule has 0 radical (unpaired) electrons. The normalized spacial score (nSPS) is 11.1. The Morgan fingerprint density at radius 1 is 1.04 bits per heavy atom. The van der Waals surface area contributed by atoms with Crippen LogP contribution in [0.3, 0.4) is 0 Å². The summed E-state index contributed by atoms with van der Waals surface area (Å²) in [5.74, 6) is 1.33. The molecule has 0 unspecified atom stereocenters. The van der Waals surface area contributed by atoms with Gasteiger partial charge in [0.2, 0.25) is 0 Å². The molecule has 136 valence electrons. The van der Waals surface area contributed by atoms with Crippen LogP contribution in [0.2, 0.25) is 0 Å². The second kappa shape index (κ2) is 9.19. The van der Waals surface area contributed by atoms with Gasteiger partial charge in [0.05, 0.1) is 11.5 Å². The fourth-order valence-corrected chi connectivity index (χ4v) is 2.99. The monoisotopic (exact) mass is 366 g/mol. The van der Waals surface area contributed by atoms with E-state index in [1.807, 2.05) is 6.92 Å². The van der Waals surface area contributed by atoms with Crippen molar-refractivity contribution in [2.45, 2.75) is 18.2 Å². The predicted octanol–water partition coefficient (Wildman–Crippen LogP) is 2.12. The lowest BCUT2D eigenvalue weighted by Crippen LogP contribution is -2.14. The molecule has 0 aliphatic rings. The lowest BCUT2D eigenvalue weighted by molar-refractivity contribution is 0.197. The maximum absolute atomic E-state index is 12.4. The van der Waals surface area contributed by atoms with Crippen molar-refractivity contribution in [2.75, 3.05) is 36.9 Å². The van der Waals surface area contributed by atoms with Crippen LogP contribution in [0.4, 0.5) is 11.6 Å². The van der Waals surface area contributed by atoms with Crippen LogP contribution in [0.15, 0.2) is 41.3 Å². The smallest absolute Gasteiger partial charge is 0.263 e. The zero-order chi connectivity index (χ0) is 18.1. The van der Waals surface area contributed by atoms with E-state index < -0.39 is 10.0 Å². The molecule has 8 nitrogen and oxygen atoms in total. The van der Waals surface area contributed by atoms with Crippen molar-refractivity contribution in [1.29, 1.82) is 0 Å². The molecule has 2 rings (SSSR count). The first-order valence-electron chi connectivity index (χ1n) is 7.87. The number of nitrogens with one attached hydrogen (secondary N) is 2. The minimum Gasteiger partial charge on any atom is -0.494 e. The van der Waals surface area contributed by atoms with Gasteiger partial charge < -0.3 is 14.8 Å². The molecule has 0 amide bonds. The van der Waals surface area contributed by atoms with Gasteiger partial charge in [0, 0.05) is 20.3 Å². The Hall–Kier alpha value is -2.39. The largest absolute Gasteiger partial charge is 0.494 e. The Bertz CT molecular complexity index is 749. The quantitative estimate of drug-likeness (QED) is 0.621. The van der Waals surface area contributed by atoms with Gasteiger partial charge in [-0.2, -0.15) is 0 Å². The first-order valence-corrected chi connectivity index (χ1v) is 9.35. The van der Waals surface area contributed by atoms with E-state index >= 15 is 0 Å². The molecule has 0 saturated carbocycles. The third kappa shape index (κ3) is 5.87. The van der Waals surface area contributed by atoms with E-state index in [1.54, 1.807) is 31.4 Å². The Morgan fingerprint density at radius 2 is 1.72 bits per heavy atom. The van der Waals surface area contributed by atoms with Crippen molar-refractivity contribution >= 4 is 21.7 Å². The molecule has 1 aromatic heterocycles. The molecule has 0 saturated heterocycles.